The van der Waals surface area contributed by atoms with E-state index in [0.29, 0.717) is 23.9 Å². The summed E-state index contributed by atoms with van der Waals surface area (Å²) < 4.78 is 45.5. The third-order valence-electron chi connectivity index (χ3n) is 4.98. The summed E-state index contributed by atoms with van der Waals surface area (Å²) in [5.41, 5.74) is 1.46. The Morgan fingerprint density at radius 1 is 1.07 bits per heavy atom. The molecule has 2 aromatic carbocycles. The molecule has 2 heterocycles. The van der Waals surface area contributed by atoms with E-state index in [1.165, 1.54) is 13.2 Å². The number of guanidine groups is 1. The highest BCUT2D eigenvalue weighted by Gasteiger charge is 2.34. The van der Waals surface area contributed by atoms with E-state index in [1.54, 1.807) is 0 Å². The first kappa shape index (κ1) is 18.6. The number of ether oxygens (including phenoxy) is 1. The molecule has 0 amide bonds. The summed E-state index contributed by atoms with van der Waals surface area (Å²) >= 11 is 0. The number of halogens is 3. The molecule has 1 fully saturated rings. The fourth-order valence-corrected chi connectivity index (χ4v) is 3.54. The first-order valence-corrected chi connectivity index (χ1v) is 9.12. The Bertz CT molecular complexity index is 891. The second-order valence-corrected chi connectivity index (χ2v) is 6.75. The lowest BCUT2D eigenvalue weighted by Crippen LogP contribution is -2.53. The van der Waals surface area contributed by atoms with E-state index in [0.717, 1.165) is 49.6 Å². The summed E-state index contributed by atoms with van der Waals surface area (Å²) in [7, 11) is 1.46. The van der Waals surface area contributed by atoms with Gasteiger partial charge in [-0.3, -0.25) is 0 Å². The fraction of sp³-hybridized carbons (Fsp3) is 0.350. The normalized spacial score (nSPS) is 17.2. The first-order valence-electron chi connectivity index (χ1n) is 9.12. The van der Waals surface area contributed by atoms with Crippen molar-refractivity contribution in [1.82, 2.24) is 10.2 Å². The molecule has 4 rings (SSSR count). The molecule has 0 aromatic heterocycles. The van der Waals surface area contributed by atoms with Crippen molar-refractivity contribution >= 4 is 17.3 Å². The van der Waals surface area contributed by atoms with Crippen molar-refractivity contribution in [3.63, 3.8) is 0 Å². The van der Waals surface area contributed by atoms with Gasteiger partial charge in [-0.25, -0.2) is 4.99 Å². The molecule has 0 bridgehead atoms. The van der Waals surface area contributed by atoms with Crippen LogP contribution < -0.4 is 15.0 Å². The number of rotatable bonds is 2. The number of para-hydroxylation sites is 1. The highest BCUT2D eigenvalue weighted by atomic mass is 19.4. The van der Waals surface area contributed by atoms with Crippen LogP contribution in [0.1, 0.15) is 11.1 Å². The number of nitrogens with zero attached hydrogens (tertiary/aromatic N) is 3. The summed E-state index contributed by atoms with van der Waals surface area (Å²) in [4.78, 5) is 8.72. The minimum atomic E-state index is -4.43. The molecule has 5 nitrogen and oxygen atoms in total. The molecule has 0 spiro atoms. The van der Waals surface area contributed by atoms with E-state index in [9.17, 15) is 13.2 Å². The lowest BCUT2D eigenvalue weighted by molar-refractivity contribution is -0.137. The van der Waals surface area contributed by atoms with Crippen LogP contribution in [0, 0.1) is 0 Å². The molecule has 1 N–H and O–H groups in total. The van der Waals surface area contributed by atoms with Crippen LogP contribution in [0.25, 0.3) is 0 Å². The highest BCUT2D eigenvalue weighted by molar-refractivity contribution is 6.00. The predicted molar refractivity (Wildman–Crippen MR) is 102 cm³/mol. The minimum absolute atomic E-state index is 0.365. The van der Waals surface area contributed by atoms with E-state index >= 15 is 0 Å². The largest absolute Gasteiger partial charge is 0.495 e. The van der Waals surface area contributed by atoms with E-state index in [4.69, 9.17) is 9.73 Å². The molecule has 2 aromatic rings. The SMILES string of the molecule is COc1ccc(C(F)(F)F)cc1N1Cc2ccccc2N=C1N1CCNCC1. The van der Waals surface area contributed by atoms with Crippen LogP contribution in [0.5, 0.6) is 5.75 Å². The Labute approximate surface area is 161 Å². The second kappa shape index (κ2) is 7.35. The zero-order chi connectivity index (χ0) is 19.7. The average molecular weight is 390 g/mol. The fourth-order valence-electron chi connectivity index (χ4n) is 3.54. The van der Waals surface area contributed by atoms with E-state index < -0.39 is 11.7 Å². The molecule has 148 valence electrons. The molecule has 0 aliphatic carbocycles. The van der Waals surface area contributed by atoms with E-state index in [-0.39, 0.29) is 0 Å². The molecular weight excluding hydrogens is 369 g/mol. The van der Waals surface area contributed by atoms with Gasteiger partial charge in [0.2, 0.25) is 5.96 Å². The maximum absolute atomic E-state index is 13.4. The second-order valence-electron chi connectivity index (χ2n) is 6.75. The van der Waals surface area contributed by atoms with Gasteiger partial charge in [0.05, 0.1) is 30.6 Å². The molecule has 0 radical (unpaired) electrons. The van der Waals surface area contributed by atoms with Crippen molar-refractivity contribution < 1.29 is 17.9 Å². The van der Waals surface area contributed by atoms with Crippen LogP contribution in [0.2, 0.25) is 0 Å². The number of hydrogen-bond acceptors (Lipinski definition) is 5. The summed E-state index contributed by atoms with van der Waals surface area (Å²) in [5, 5.41) is 3.29. The summed E-state index contributed by atoms with van der Waals surface area (Å²) in [5.74, 6) is 1.04. The van der Waals surface area contributed by atoms with Gasteiger partial charge in [-0.15, -0.1) is 0 Å². The van der Waals surface area contributed by atoms with Gasteiger partial charge in [0.25, 0.3) is 0 Å². The minimum Gasteiger partial charge on any atom is -0.495 e. The van der Waals surface area contributed by atoms with Crippen molar-refractivity contribution in [3.8, 4) is 5.75 Å². The Balaban J connectivity index is 1.83. The number of piperazine rings is 1. The van der Waals surface area contributed by atoms with Gasteiger partial charge in [0.1, 0.15) is 5.75 Å². The van der Waals surface area contributed by atoms with Gasteiger partial charge in [0, 0.05) is 26.2 Å². The number of fused-ring (bicyclic) bond motifs is 1. The highest BCUT2D eigenvalue weighted by Crippen LogP contribution is 2.39. The van der Waals surface area contributed by atoms with Crippen LogP contribution in [0.4, 0.5) is 24.5 Å². The number of alkyl halides is 3. The Kier molecular flexibility index (Phi) is 4.89. The van der Waals surface area contributed by atoms with Gasteiger partial charge in [-0.1, -0.05) is 18.2 Å². The molecule has 0 atom stereocenters. The third-order valence-corrected chi connectivity index (χ3v) is 4.98. The quantitative estimate of drug-likeness (QED) is 0.850. The maximum atomic E-state index is 13.4. The monoisotopic (exact) mass is 390 g/mol. The molecule has 2 aliphatic heterocycles. The number of benzene rings is 2. The Morgan fingerprint density at radius 3 is 2.54 bits per heavy atom. The van der Waals surface area contributed by atoms with E-state index in [1.807, 2.05) is 29.2 Å². The molecule has 1 saturated heterocycles. The van der Waals surface area contributed by atoms with Crippen LogP contribution in [0.15, 0.2) is 47.5 Å². The van der Waals surface area contributed by atoms with Crippen molar-refractivity contribution in [2.24, 2.45) is 4.99 Å². The molecule has 2 aliphatic rings. The van der Waals surface area contributed by atoms with Crippen molar-refractivity contribution in [2.75, 3.05) is 38.2 Å². The average Bonchev–Trinajstić information content (AvgIpc) is 2.72. The molecule has 0 unspecified atom stereocenters. The van der Waals surface area contributed by atoms with Crippen LogP contribution in [0.3, 0.4) is 0 Å². The number of nitrogens with one attached hydrogen (secondary N) is 1. The molecule has 8 heteroatoms. The van der Waals surface area contributed by atoms with Gasteiger partial charge < -0.3 is 19.9 Å². The zero-order valence-corrected chi connectivity index (χ0v) is 15.5. The van der Waals surface area contributed by atoms with Gasteiger partial charge >= 0.3 is 6.18 Å². The summed E-state index contributed by atoms with van der Waals surface area (Å²) in [6.07, 6.45) is -4.43. The Morgan fingerprint density at radius 2 is 1.82 bits per heavy atom. The number of anilines is 1. The van der Waals surface area contributed by atoms with Gasteiger partial charge in [-0.05, 0) is 29.8 Å². The van der Waals surface area contributed by atoms with Crippen molar-refractivity contribution in [1.29, 1.82) is 0 Å². The van der Waals surface area contributed by atoms with Crippen molar-refractivity contribution in [3.05, 3.63) is 53.6 Å². The van der Waals surface area contributed by atoms with Crippen molar-refractivity contribution in [2.45, 2.75) is 12.7 Å². The third kappa shape index (κ3) is 3.52. The lowest BCUT2D eigenvalue weighted by Gasteiger charge is -2.39. The topological polar surface area (TPSA) is 40.1 Å². The standard InChI is InChI=1S/C20H21F3N4O/c1-28-18-7-6-15(20(21,22)23)12-17(18)27-13-14-4-2-3-5-16(14)25-19(27)26-10-8-24-9-11-26/h2-7,12,24H,8-11,13H2,1H3. The molecular formula is C20H21F3N4O. The molecule has 0 saturated carbocycles. The van der Waals surface area contributed by atoms with E-state index in [2.05, 4.69) is 10.2 Å². The smallest absolute Gasteiger partial charge is 0.416 e. The summed E-state index contributed by atoms with van der Waals surface area (Å²) in [6.45, 7) is 3.50. The number of hydrogen-bond donors (Lipinski definition) is 1. The predicted octanol–water partition coefficient (Wildman–Crippen LogP) is 3.63. The van der Waals surface area contributed by atoms with Crippen LogP contribution in [-0.4, -0.2) is 44.1 Å². The van der Waals surface area contributed by atoms with Crippen LogP contribution in [-0.2, 0) is 12.7 Å². The summed E-state index contributed by atoms with van der Waals surface area (Å²) in [6, 6.07) is 11.3. The number of aliphatic imine (C=N–C) groups is 1. The van der Waals surface area contributed by atoms with Crippen LogP contribution >= 0.6 is 0 Å². The Hall–Kier alpha value is -2.74. The first-order chi connectivity index (χ1) is 13.5. The van der Waals surface area contributed by atoms with Gasteiger partial charge in [0.15, 0.2) is 0 Å². The van der Waals surface area contributed by atoms with Gasteiger partial charge in [-0.2, -0.15) is 13.2 Å². The molecule has 28 heavy (non-hydrogen) atoms. The lowest BCUT2D eigenvalue weighted by atomic mass is 10.1. The number of methoxy groups -OCH3 is 1. The maximum Gasteiger partial charge on any atom is 0.416 e. The zero-order valence-electron chi connectivity index (χ0n) is 15.5.